The number of ether oxygens (including phenoxy) is 4. The average Bonchev–Trinajstić information content (AvgIpc) is 3.33. The van der Waals surface area contributed by atoms with Crippen LogP contribution in [0, 0.1) is 0 Å². The molecule has 0 aromatic carbocycles. The Labute approximate surface area is 406 Å². The maximum absolute atomic E-state index is 12.3. The quantitative estimate of drug-likeness (QED) is 0.0263. The molecule has 0 saturated carbocycles. The molecule has 0 radical (unpaired) electrons. The van der Waals surface area contributed by atoms with Crippen molar-refractivity contribution in [2.45, 2.75) is 312 Å². The summed E-state index contributed by atoms with van der Waals surface area (Å²) < 4.78 is 22.4. The van der Waals surface area contributed by atoms with Crippen LogP contribution >= 0.6 is 0 Å². The average molecular weight is 962 g/mol. The van der Waals surface area contributed by atoms with Crippen molar-refractivity contribution in [3.8, 4) is 0 Å². The van der Waals surface area contributed by atoms with Gasteiger partial charge in [-0.05, 0) is 6.42 Å². The van der Waals surface area contributed by atoms with Gasteiger partial charge in [-0.15, -0.1) is 0 Å². The van der Waals surface area contributed by atoms with Crippen molar-refractivity contribution in [2.75, 3.05) is 19.8 Å². The highest BCUT2D eigenvalue weighted by molar-refractivity contribution is 5.75. The monoisotopic (exact) mass is 962 g/mol. The fourth-order valence-electron chi connectivity index (χ4n) is 9.56. The number of aliphatic hydroxyl groups excluding tert-OH is 8. The zero-order valence-corrected chi connectivity index (χ0v) is 42.4. The second kappa shape index (κ2) is 40.6. The lowest BCUT2D eigenvalue weighted by Gasteiger charge is -2.46. The van der Waals surface area contributed by atoms with Gasteiger partial charge in [-0.1, -0.05) is 226 Å². The first-order valence-electron chi connectivity index (χ1n) is 27.8. The van der Waals surface area contributed by atoms with Crippen LogP contribution in [0.2, 0.25) is 0 Å². The molecule has 0 aliphatic carbocycles. The van der Waals surface area contributed by atoms with Crippen LogP contribution in [0.4, 0.5) is 0 Å². The number of carbonyl (C=O) groups excluding carboxylic acids is 1. The molecule has 14 nitrogen and oxygen atoms in total. The highest BCUT2D eigenvalue weighted by Crippen LogP contribution is 2.30. The zero-order valence-electron chi connectivity index (χ0n) is 42.4. The van der Waals surface area contributed by atoms with Crippen molar-refractivity contribution in [3.63, 3.8) is 0 Å². The van der Waals surface area contributed by atoms with Crippen molar-refractivity contribution < 1.29 is 64.6 Å². The molecular formula is C53H103NO13. The molecule has 0 aromatic rings. The third-order valence-electron chi connectivity index (χ3n) is 14.1. The number of carbonyl (C=O) groups is 1. The first kappa shape index (κ1) is 62.1. The molecule has 12 atom stereocenters. The lowest BCUT2D eigenvalue weighted by Crippen LogP contribution is -2.65. The lowest BCUT2D eigenvalue weighted by molar-refractivity contribution is -0.359. The van der Waals surface area contributed by atoms with Crippen molar-refractivity contribution in [2.24, 2.45) is 0 Å². The highest BCUT2D eigenvalue weighted by atomic mass is 16.7. The highest BCUT2D eigenvalue weighted by Gasteiger charge is 2.51. The molecule has 67 heavy (non-hydrogen) atoms. The second-order valence-corrected chi connectivity index (χ2v) is 20.0. The summed E-state index contributed by atoms with van der Waals surface area (Å²) in [5.41, 5.74) is 0. The van der Waals surface area contributed by atoms with E-state index in [1.807, 2.05) is 0 Å². The Morgan fingerprint density at radius 2 is 0.836 bits per heavy atom. The molecule has 2 aliphatic rings. The molecule has 1 amide bonds. The largest absolute Gasteiger partial charge is 0.394 e. The maximum atomic E-state index is 12.3. The number of amides is 1. The van der Waals surface area contributed by atoms with Crippen molar-refractivity contribution in [1.82, 2.24) is 5.32 Å². The molecular weight excluding hydrogens is 859 g/mol. The van der Waals surface area contributed by atoms with Crippen molar-refractivity contribution >= 4 is 5.91 Å². The predicted octanol–water partition coefficient (Wildman–Crippen LogP) is 8.17. The number of rotatable bonds is 44. The van der Waals surface area contributed by atoms with E-state index in [2.05, 4.69) is 12.2 Å². The number of hydrogen-bond donors (Lipinski definition) is 9. The molecule has 2 saturated heterocycles. The van der Waals surface area contributed by atoms with Gasteiger partial charge in [0.1, 0.15) is 48.8 Å². The Bertz CT molecular complexity index is 1140. The van der Waals surface area contributed by atoms with Gasteiger partial charge in [0.25, 0.3) is 0 Å². The van der Waals surface area contributed by atoms with Gasteiger partial charge in [0.2, 0.25) is 5.91 Å². The van der Waals surface area contributed by atoms with Crippen LogP contribution in [0.25, 0.3) is 0 Å². The second-order valence-electron chi connectivity index (χ2n) is 20.0. The summed E-state index contributed by atoms with van der Waals surface area (Å²) >= 11 is 0. The van der Waals surface area contributed by atoms with Gasteiger partial charge in [-0.25, -0.2) is 0 Å². The van der Waals surface area contributed by atoms with Crippen LogP contribution in [0.1, 0.15) is 239 Å². The van der Waals surface area contributed by atoms with Crippen LogP contribution in [0.3, 0.4) is 0 Å². The lowest BCUT2D eigenvalue weighted by atomic mass is 9.97. The van der Waals surface area contributed by atoms with E-state index in [-0.39, 0.29) is 18.9 Å². The first-order valence-corrected chi connectivity index (χ1v) is 27.8. The van der Waals surface area contributed by atoms with E-state index in [1.54, 1.807) is 6.92 Å². The van der Waals surface area contributed by atoms with E-state index in [4.69, 9.17) is 18.9 Å². The molecule has 0 bridgehead atoms. The van der Waals surface area contributed by atoms with E-state index in [9.17, 15) is 45.6 Å². The van der Waals surface area contributed by atoms with Gasteiger partial charge in [-0.2, -0.15) is 0 Å². The topological polar surface area (TPSA) is 228 Å². The van der Waals surface area contributed by atoms with Crippen LogP contribution in [-0.2, 0) is 23.7 Å². The summed E-state index contributed by atoms with van der Waals surface area (Å²) in [6, 6.07) is -0.820. The summed E-state index contributed by atoms with van der Waals surface area (Å²) in [7, 11) is 0. The Morgan fingerprint density at radius 1 is 0.478 bits per heavy atom. The summed E-state index contributed by atoms with van der Waals surface area (Å²) in [5.74, 6) is -0.291. The Hall–Kier alpha value is -1.01. The molecule has 2 aliphatic heterocycles. The minimum absolute atomic E-state index is 0.188. The molecule has 0 aromatic heterocycles. The first-order chi connectivity index (χ1) is 32.6. The number of nitrogens with one attached hydrogen (secondary N) is 1. The van der Waals surface area contributed by atoms with E-state index < -0.39 is 86.8 Å². The summed E-state index contributed by atoms with van der Waals surface area (Å²) in [4.78, 5) is 12.3. The van der Waals surface area contributed by atoms with Gasteiger partial charge >= 0.3 is 0 Å². The molecule has 2 fully saturated rings. The normalized spacial score (nSPS) is 26.5. The molecule has 14 heteroatoms. The third-order valence-corrected chi connectivity index (χ3v) is 14.1. The fraction of sp³-hybridized carbons (Fsp3) is 0.981. The van der Waals surface area contributed by atoms with E-state index >= 15 is 0 Å². The maximum Gasteiger partial charge on any atom is 0.220 e. The molecule has 2 heterocycles. The summed E-state index contributed by atoms with van der Waals surface area (Å²) in [6.07, 6.45) is 28.5. The number of hydrogen-bond acceptors (Lipinski definition) is 13. The van der Waals surface area contributed by atoms with Gasteiger partial charge < -0.3 is 65.1 Å². The van der Waals surface area contributed by atoms with Crippen LogP contribution in [0.5, 0.6) is 0 Å². The molecule has 9 N–H and O–H groups in total. The molecule has 12 unspecified atom stereocenters. The van der Waals surface area contributed by atoms with Crippen molar-refractivity contribution in [3.05, 3.63) is 0 Å². The van der Waals surface area contributed by atoms with E-state index in [1.165, 1.54) is 186 Å². The molecule has 2 rings (SSSR count). The Kier molecular flexibility index (Phi) is 37.6. The fourth-order valence-corrected chi connectivity index (χ4v) is 9.56. The number of aliphatic hydroxyl groups is 8. The predicted molar refractivity (Wildman–Crippen MR) is 263 cm³/mol. The van der Waals surface area contributed by atoms with Gasteiger partial charge in [0.15, 0.2) is 12.6 Å². The zero-order chi connectivity index (χ0) is 48.9. The summed E-state index contributed by atoms with van der Waals surface area (Å²) in [5, 5.41) is 85.7. The van der Waals surface area contributed by atoms with Gasteiger partial charge in [0, 0.05) is 6.42 Å². The van der Waals surface area contributed by atoms with Gasteiger partial charge in [-0.3, -0.25) is 4.79 Å². The van der Waals surface area contributed by atoms with E-state index in [0.29, 0.717) is 6.42 Å². The van der Waals surface area contributed by atoms with Crippen molar-refractivity contribution in [1.29, 1.82) is 0 Å². The van der Waals surface area contributed by atoms with Crippen LogP contribution < -0.4 is 5.32 Å². The number of unbranched alkanes of at least 4 members (excludes halogenated alkanes) is 32. The minimum atomic E-state index is -1.78. The molecule has 0 spiro atoms. The molecule has 398 valence electrons. The van der Waals surface area contributed by atoms with Crippen LogP contribution in [0.15, 0.2) is 0 Å². The van der Waals surface area contributed by atoms with E-state index in [0.717, 1.165) is 25.7 Å². The van der Waals surface area contributed by atoms with Crippen LogP contribution in [-0.4, -0.2) is 140 Å². The van der Waals surface area contributed by atoms with Gasteiger partial charge in [0.05, 0.1) is 32.0 Å². The Morgan fingerprint density at radius 3 is 1.21 bits per heavy atom. The Balaban J connectivity index is 1.44. The third kappa shape index (κ3) is 27.4. The smallest absolute Gasteiger partial charge is 0.220 e. The SMILES string of the molecule is CCCCCCCCCCCCCCCCCCCCCCCCCCCCCCCCCCCC(O)C(COC1OC(CO)C(OC2OC(CO)C(O)C(O)C2O)C(O)C1O)NC(=O)CC. The summed E-state index contributed by atoms with van der Waals surface area (Å²) in [6.45, 7) is 2.33. The standard InChI is InChI=1S/C53H103NO13/c1-3-5-6-7-8-9-10-11-12-13-14-15-16-17-18-19-20-21-22-23-24-25-26-27-28-29-30-31-32-33-34-35-36-37-42(57)41(54-45(58)4-2)40-64-52-50(63)48(61)51(44(39-56)66-52)67-53-49(62)47(60)46(59)43(38-55)65-53/h41-44,46-53,55-57,59-63H,3-40H2,1-2H3,(H,54,58). The minimum Gasteiger partial charge on any atom is -0.394 e.